The number of nitrogens with one attached hydrogen (secondary N) is 1. The molecule has 0 fully saturated rings. The first-order valence-electron chi connectivity index (χ1n) is 6.81. The highest BCUT2D eigenvalue weighted by molar-refractivity contribution is 5.82. The topological polar surface area (TPSA) is 97.3 Å². The van der Waals surface area contributed by atoms with Crippen LogP contribution in [0.5, 0.6) is 0 Å². The molecule has 124 valence electrons. The highest BCUT2D eigenvalue weighted by atomic mass is 16.5. The normalized spacial score (nSPS) is 12.0. The molecule has 0 bridgehead atoms. The first-order chi connectivity index (χ1) is 10.1. The van der Waals surface area contributed by atoms with Crippen LogP contribution in [0.2, 0.25) is 0 Å². The van der Waals surface area contributed by atoms with E-state index in [4.69, 9.17) is 19.3 Å². The lowest BCUT2D eigenvalue weighted by molar-refractivity contribution is -0.139. The molecule has 0 aromatic rings. The number of rotatable bonds is 12. The molecule has 1 unspecified atom stereocenters. The minimum Gasteiger partial charge on any atom is -0.480 e. The Balaban J connectivity index is 4.48. The van der Waals surface area contributed by atoms with Gasteiger partial charge in [-0.15, -0.1) is 0 Å². The summed E-state index contributed by atoms with van der Waals surface area (Å²) in [7, 11) is 4.62. The van der Waals surface area contributed by atoms with E-state index in [2.05, 4.69) is 5.32 Å². The molecular weight excluding hydrogens is 280 g/mol. The molecular formula is C13H26N2O6. The number of amides is 2. The second-order valence-corrected chi connectivity index (χ2v) is 4.45. The Morgan fingerprint density at radius 1 is 1.05 bits per heavy atom. The van der Waals surface area contributed by atoms with Gasteiger partial charge in [0, 0.05) is 54.1 Å². The van der Waals surface area contributed by atoms with Crippen molar-refractivity contribution in [1.82, 2.24) is 10.2 Å². The Kier molecular flexibility index (Phi) is 11.6. The van der Waals surface area contributed by atoms with Crippen molar-refractivity contribution in [2.24, 2.45) is 0 Å². The highest BCUT2D eigenvalue weighted by Crippen LogP contribution is 1.99. The average molecular weight is 306 g/mol. The lowest BCUT2D eigenvalue weighted by atomic mass is 10.2. The first-order valence-corrected chi connectivity index (χ1v) is 6.81. The number of aliphatic carboxylic acids is 1. The number of hydrogen-bond donors (Lipinski definition) is 2. The van der Waals surface area contributed by atoms with E-state index in [1.54, 1.807) is 14.2 Å². The van der Waals surface area contributed by atoms with E-state index < -0.39 is 18.0 Å². The van der Waals surface area contributed by atoms with Crippen LogP contribution in [0, 0.1) is 0 Å². The molecule has 8 nitrogen and oxygen atoms in total. The van der Waals surface area contributed by atoms with E-state index in [0.29, 0.717) is 32.7 Å². The second-order valence-electron chi connectivity index (χ2n) is 4.45. The maximum atomic E-state index is 12.1. The first kappa shape index (κ1) is 19.6. The Hall–Kier alpha value is -1.38. The quantitative estimate of drug-likeness (QED) is 0.499. The van der Waals surface area contributed by atoms with Gasteiger partial charge in [-0.1, -0.05) is 0 Å². The van der Waals surface area contributed by atoms with Gasteiger partial charge in [0.1, 0.15) is 6.04 Å². The average Bonchev–Trinajstić information content (AvgIpc) is 2.46. The van der Waals surface area contributed by atoms with E-state index in [1.165, 1.54) is 12.0 Å². The zero-order chi connectivity index (χ0) is 16.1. The van der Waals surface area contributed by atoms with Gasteiger partial charge in [0.25, 0.3) is 0 Å². The number of urea groups is 1. The predicted octanol–water partition coefficient (Wildman–Crippen LogP) is 0.171. The lowest BCUT2D eigenvalue weighted by Crippen LogP contribution is -2.49. The number of hydrogen-bond acceptors (Lipinski definition) is 5. The summed E-state index contributed by atoms with van der Waals surface area (Å²) >= 11 is 0. The molecule has 0 aromatic heterocycles. The molecule has 1 atom stereocenters. The third-order valence-corrected chi connectivity index (χ3v) is 2.84. The van der Waals surface area contributed by atoms with Crippen molar-refractivity contribution in [2.75, 3.05) is 54.2 Å². The summed E-state index contributed by atoms with van der Waals surface area (Å²) in [5.41, 5.74) is 0. The maximum absolute atomic E-state index is 12.1. The van der Waals surface area contributed by atoms with Gasteiger partial charge in [0.2, 0.25) is 0 Å². The summed E-state index contributed by atoms with van der Waals surface area (Å²) in [5, 5.41) is 11.6. The summed E-state index contributed by atoms with van der Waals surface area (Å²) in [6.45, 7) is 2.04. The van der Waals surface area contributed by atoms with Crippen molar-refractivity contribution in [3.05, 3.63) is 0 Å². The van der Waals surface area contributed by atoms with Crippen molar-refractivity contribution >= 4 is 12.0 Å². The monoisotopic (exact) mass is 306 g/mol. The fourth-order valence-corrected chi connectivity index (χ4v) is 1.65. The van der Waals surface area contributed by atoms with Gasteiger partial charge in [-0.3, -0.25) is 0 Å². The molecule has 0 aromatic carbocycles. The Bertz CT molecular complexity index is 300. The van der Waals surface area contributed by atoms with E-state index in [9.17, 15) is 9.59 Å². The molecule has 0 saturated carbocycles. The largest absolute Gasteiger partial charge is 0.480 e. The third kappa shape index (κ3) is 9.22. The minimum absolute atomic E-state index is 0.216. The van der Waals surface area contributed by atoms with Crippen molar-refractivity contribution in [3.8, 4) is 0 Å². The van der Waals surface area contributed by atoms with Crippen LogP contribution in [0.25, 0.3) is 0 Å². The smallest absolute Gasteiger partial charge is 0.326 e. The van der Waals surface area contributed by atoms with Gasteiger partial charge in [0.05, 0.1) is 6.61 Å². The van der Waals surface area contributed by atoms with E-state index >= 15 is 0 Å². The predicted molar refractivity (Wildman–Crippen MR) is 76.4 cm³/mol. The number of carboxylic acid groups (broad SMARTS) is 1. The molecule has 0 aliphatic heterocycles. The second kappa shape index (κ2) is 12.4. The Morgan fingerprint density at radius 3 is 2.19 bits per heavy atom. The molecule has 0 aliphatic rings. The fraction of sp³-hybridized carbons (Fsp3) is 0.846. The minimum atomic E-state index is -1.08. The fourth-order valence-electron chi connectivity index (χ4n) is 1.65. The van der Waals surface area contributed by atoms with Crippen LogP contribution < -0.4 is 5.32 Å². The zero-order valence-corrected chi connectivity index (χ0v) is 13.0. The van der Waals surface area contributed by atoms with Crippen LogP contribution in [0.15, 0.2) is 0 Å². The molecule has 8 heteroatoms. The summed E-state index contributed by atoms with van der Waals surface area (Å²) in [6, 6.07) is -1.39. The molecule has 0 rings (SSSR count). The van der Waals surface area contributed by atoms with Crippen LogP contribution >= 0.6 is 0 Å². The van der Waals surface area contributed by atoms with E-state index in [1.807, 2.05) is 0 Å². The SMILES string of the molecule is COCCCN(CCOC)C(=O)NC(CCOC)C(=O)O. The van der Waals surface area contributed by atoms with Crippen molar-refractivity contribution in [3.63, 3.8) is 0 Å². The van der Waals surface area contributed by atoms with E-state index in [0.717, 1.165) is 0 Å². The molecule has 0 aliphatic carbocycles. The summed E-state index contributed by atoms with van der Waals surface area (Å²) in [6.07, 6.45) is 0.886. The van der Waals surface area contributed by atoms with Crippen molar-refractivity contribution < 1.29 is 28.9 Å². The van der Waals surface area contributed by atoms with Crippen LogP contribution in [-0.2, 0) is 19.0 Å². The summed E-state index contributed by atoms with van der Waals surface area (Å²) in [5.74, 6) is -1.08. The van der Waals surface area contributed by atoms with Crippen LogP contribution in [0.1, 0.15) is 12.8 Å². The molecule has 0 saturated heterocycles. The molecule has 2 N–H and O–H groups in total. The highest BCUT2D eigenvalue weighted by Gasteiger charge is 2.22. The summed E-state index contributed by atoms with van der Waals surface area (Å²) in [4.78, 5) is 24.8. The third-order valence-electron chi connectivity index (χ3n) is 2.84. The van der Waals surface area contributed by atoms with Gasteiger partial charge < -0.3 is 29.5 Å². The zero-order valence-electron chi connectivity index (χ0n) is 13.0. The van der Waals surface area contributed by atoms with Gasteiger partial charge in [-0.2, -0.15) is 0 Å². The molecule has 0 spiro atoms. The van der Waals surface area contributed by atoms with E-state index in [-0.39, 0.29) is 13.0 Å². The molecule has 0 radical (unpaired) electrons. The van der Waals surface area contributed by atoms with Crippen LogP contribution in [0.4, 0.5) is 4.79 Å². The summed E-state index contributed by atoms with van der Waals surface area (Å²) < 4.78 is 14.7. The van der Waals surface area contributed by atoms with Crippen LogP contribution in [-0.4, -0.2) is 82.3 Å². The van der Waals surface area contributed by atoms with Gasteiger partial charge >= 0.3 is 12.0 Å². The molecule has 0 heterocycles. The van der Waals surface area contributed by atoms with Gasteiger partial charge in [0.15, 0.2) is 0 Å². The van der Waals surface area contributed by atoms with Crippen LogP contribution in [0.3, 0.4) is 0 Å². The number of carbonyl (C=O) groups is 2. The standard InChI is InChI=1S/C13H26N2O6/c1-19-8-4-6-15(7-10-21-3)13(18)14-11(12(16)17)5-9-20-2/h11H,4-10H2,1-3H3,(H,14,18)(H,16,17). The Morgan fingerprint density at radius 2 is 1.67 bits per heavy atom. The lowest BCUT2D eigenvalue weighted by Gasteiger charge is -2.25. The maximum Gasteiger partial charge on any atom is 0.326 e. The molecule has 21 heavy (non-hydrogen) atoms. The van der Waals surface area contributed by atoms with Gasteiger partial charge in [-0.05, 0) is 6.42 Å². The van der Waals surface area contributed by atoms with Crippen molar-refractivity contribution in [2.45, 2.75) is 18.9 Å². The molecule has 2 amide bonds. The number of ether oxygens (including phenoxy) is 3. The number of methoxy groups -OCH3 is 3. The number of nitrogens with zero attached hydrogens (tertiary/aromatic N) is 1. The van der Waals surface area contributed by atoms with Gasteiger partial charge in [-0.25, -0.2) is 9.59 Å². The number of carboxylic acids is 1. The van der Waals surface area contributed by atoms with Crippen molar-refractivity contribution in [1.29, 1.82) is 0 Å². The Labute approximate surface area is 125 Å². The number of carbonyl (C=O) groups excluding carboxylic acids is 1.